The quantitative estimate of drug-likeness (QED) is 0.783. The fraction of sp³-hybridized carbons (Fsp3) is 0.579. The van der Waals surface area contributed by atoms with Crippen LogP contribution in [0.5, 0.6) is 0 Å². The number of rotatable bonds is 3. The molecule has 2 rings (SSSR count). The van der Waals surface area contributed by atoms with E-state index in [0.717, 1.165) is 4.90 Å². The van der Waals surface area contributed by atoms with Crippen molar-refractivity contribution in [3.63, 3.8) is 0 Å². The molecule has 1 heterocycles. The maximum absolute atomic E-state index is 13.2. The molecular formula is C19H24ClF3N2O3. The maximum Gasteiger partial charge on any atom is 0.406 e. The summed E-state index contributed by atoms with van der Waals surface area (Å²) in [7, 11) is 0. The van der Waals surface area contributed by atoms with Crippen LogP contribution in [0.4, 0.5) is 18.0 Å². The fourth-order valence-electron chi connectivity index (χ4n) is 3.78. The molecule has 1 aromatic rings. The van der Waals surface area contributed by atoms with Crippen LogP contribution in [0.2, 0.25) is 5.02 Å². The number of hydrogen-bond donors (Lipinski definition) is 1. The van der Waals surface area contributed by atoms with Gasteiger partial charge < -0.3 is 15.4 Å². The van der Waals surface area contributed by atoms with Gasteiger partial charge in [0.2, 0.25) is 0 Å². The minimum absolute atomic E-state index is 0.00581. The van der Waals surface area contributed by atoms with Crippen LogP contribution in [0.1, 0.15) is 45.6 Å². The second kappa shape index (κ2) is 7.46. The van der Waals surface area contributed by atoms with E-state index in [9.17, 15) is 22.8 Å². The van der Waals surface area contributed by atoms with Gasteiger partial charge in [-0.25, -0.2) is 4.79 Å². The van der Waals surface area contributed by atoms with Crippen molar-refractivity contribution in [3.05, 3.63) is 34.9 Å². The first-order valence-corrected chi connectivity index (χ1v) is 9.17. The first kappa shape index (κ1) is 22.3. The number of piperidine rings is 1. The van der Waals surface area contributed by atoms with Gasteiger partial charge in [-0.1, -0.05) is 44.5 Å². The van der Waals surface area contributed by atoms with Crippen molar-refractivity contribution >= 4 is 23.6 Å². The molecule has 156 valence electrons. The lowest BCUT2D eigenvalue weighted by Gasteiger charge is -2.53. The predicted octanol–water partition coefficient (Wildman–Crippen LogP) is 4.49. The largest absolute Gasteiger partial charge is 0.432 e. The second-order valence-corrected chi connectivity index (χ2v) is 8.59. The molecule has 0 radical (unpaired) electrons. The van der Waals surface area contributed by atoms with E-state index in [-0.39, 0.29) is 6.42 Å². The number of alkyl halides is 3. The highest BCUT2D eigenvalue weighted by Crippen LogP contribution is 2.49. The average Bonchev–Trinajstić information content (AvgIpc) is 2.51. The number of nitrogens with zero attached hydrogens (tertiary/aromatic N) is 1. The third-order valence-corrected chi connectivity index (χ3v) is 5.54. The minimum atomic E-state index is -4.61. The number of benzene rings is 1. The Hall–Kier alpha value is -1.96. The zero-order valence-corrected chi connectivity index (χ0v) is 16.9. The molecule has 3 atom stereocenters. The van der Waals surface area contributed by atoms with Crippen molar-refractivity contribution in [1.82, 2.24) is 4.90 Å². The lowest BCUT2D eigenvalue weighted by atomic mass is 9.65. The van der Waals surface area contributed by atoms with Crippen LogP contribution < -0.4 is 5.73 Å². The minimum Gasteiger partial charge on any atom is -0.432 e. The molecule has 1 saturated heterocycles. The summed E-state index contributed by atoms with van der Waals surface area (Å²) >= 11 is 6.06. The molecule has 1 aromatic carbocycles. The molecule has 5 nitrogen and oxygen atoms in total. The van der Waals surface area contributed by atoms with Gasteiger partial charge in [0.1, 0.15) is 6.54 Å². The number of halogens is 4. The van der Waals surface area contributed by atoms with E-state index in [1.165, 1.54) is 0 Å². The molecule has 0 spiro atoms. The molecule has 1 aliphatic heterocycles. The molecule has 1 fully saturated rings. The molecule has 1 aliphatic rings. The summed E-state index contributed by atoms with van der Waals surface area (Å²) in [4.78, 5) is 25.6. The normalized spacial score (nSPS) is 26.3. The van der Waals surface area contributed by atoms with E-state index in [1.54, 1.807) is 52.0 Å². The summed E-state index contributed by atoms with van der Waals surface area (Å²) < 4.78 is 45.0. The van der Waals surface area contributed by atoms with Gasteiger partial charge in [-0.05, 0) is 24.6 Å². The zero-order chi connectivity index (χ0) is 21.5. The molecule has 0 saturated carbocycles. The number of ether oxygens (including phenoxy) is 1. The van der Waals surface area contributed by atoms with E-state index in [4.69, 9.17) is 22.1 Å². The molecule has 28 heavy (non-hydrogen) atoms. The third-order valence-electron chi connectivity index (χ3n) is 5.30. The summed E-state index contributed by atoms with van der Waals surface area (Å²) in [5, 5.41) is 0.418. The van der Waals surface area contributed by atoms with E-state index in [2.05, 4.69) is 0 Å². The number of carbonyl (C=O) groups excluding carboxylic acids is 2. The molecule has 0 bridgehead atoms. The Morgan fingerprint density at radius 1 is 1.36 bits per heavy atom. The van der Waals surface area contributed by atoms with Gasteiger partial charge in [0.15, 0.2) is 5.60 Å². The van der Waals surface area contributed by atoms with E-state index in [0.29, 0.717) is 10.6 Å². The molecule has 2 amide bonds. The molecular weight excluding hydrogens is 397 g/mol. The van der Waals surface area contributed by atoms with Crippen molar-refractivity contribution in [3.8, 4) is 0 Å². The highest BCUT2D eigenvalue weighted by Gasteiger charge is 2.60. The Morgan fingerprint density at radius 3 is 2.43 bits per heavy atom. The van der Waals surface area contributed by atoms with Gasteiger partial charge in [-0.3, -0.25) is 4.79 Å². The fourth-order valence-corrected chi connectivity index (χ4v) is 3.98. The summed E-state index contributed by atoms with van der Waals surface area (Å²) in [6.45, 7) is 4.98. The smallest absolute Gasteiger partial charge is 0.406 e. The number of primary amides is 1. The Morgan fingerprint density at radius 2 is 1.96 bits per heavy atom. The first-order chi connectivity index (χ1) is 12.7. The van der Waals surface area contributed by atoms with Gasteiger partial charge in [0.25, 0.3) is 5.91 Å². The lowest BCUT2D eigenvalue weighted by molar-refractivity contribution is -0.197. The number of likely N-dealkylation sites (tertiary alicyclic amines) is 1. The van der Waals surface area contributed by atoms with Crippen LogP contribution in [-0.4, -0.2) is 41.3 Å². The van der Waals surface area contributed by atoms with Gasteiger partial charge >= 0.3 is 12.3 Å². The highest BCUT2D eigenvalue weighted by atomic mass is 35.5. The van der Waals surface area contributed by atoms with E-state index < -0.39 is 47.7 Å². The van der Waals surface area contributed by atoms with Crippen LogP contribution in [0, 0.1) is 5.41 Å². The summed E-state index contributed by atoms with van der Waals surface area (Å²) in [5.41, 5.74) is 3.02. The summed E-state index contributed by atoms with van der Waals surface area (Å²) in [5.74, 6) is -1.45. The molecule has 2 N–H and O–H groups in total. The first-order valence-electron chi connectivity index (χ1n) is 8.80. The Balaban J connectivity index is 2.64. The summed E-state index contributed by atoms with van der Waals surface area (Å²) in [6, 6.07) is 5.91. The number of amides is 2. The number of carbonyl (C=O) groups is 2. The average molecular weight is 421 g/mol. The topological polar surface area (TPSA) is 72.6 Å². The maximum atomic E-state index is 13.2. The summed E-state index contributed by atoms with van der Waals surface area (Å²) in [6.07, 6.45) is -5.83. The zero-order valence-electron chi connectivity index (χ0n) is 16.1. The highest BCUT2D eigenvalue weighted by molar-refractivity contribution is 6.30. The SMILES string of the molecule is C[C@@H]1[C@H](c2cccc(Cl)c2)C[C@](OC(N)=O)(C(C)(C)C)C(=O)N1CC(F)(F)F. The number of hydrogen-bond acceptors (Lipinski definition) is 3. The molecule has 0 aliphatic carbocycles. The van der Waals surface area contributed by atoms with Crippen molar-refractivity contribution in [2.45, 2.75) is 57.9 Å². The van der Waals surface area contributed by atoms with Crippen LogP contribution >= 0.6 is 11.6 Å². The standard InChI is InChI=1S/C19H24ClF3N2O3/c1-11-14(12-6-5-7-13(20)8-12)9-18(17(2,3)4,28-16(24)27)15(26)25(11)10-19(21,22)23/h5-8,11,14H,9-10H2,1-4H3,(H2,24,27)/t11-,14-,18-/m1/s1. The monoisotopic (exact) mass is 420 g/mol. The van der Waals surface area contributed by atoms with E-state index >= 15 is 0 Å². The Kier molecular flexibility index (Phi) is 5.95. The predicted molar refractivity (Wildman–Crippen MR) is 98.9 cm³/mol. The van der Waals surface area contributed by atoms with Gasteiger partial charge in [-0.2, -0.15) is 13.2 Å². The van der Waals surface area contributed by atoms with Crippen molar-refractivity contribution < 1.29 is 27.5 Å². The van der Waals surface area contributed by atoms with Crippen LogP contribution in [0.3, 0.4) is 0 Å². The van der Waals surface area contributed by atoms with Crippen LogP contribution in [0.25, 0.3) is 0 Å². The van der Waals surface area contributed by atoms with Gasteiger partial charge in [0.05, 0.1) is 0 Å². The number of nitrogens with two attached hydrogens (primary N) is 1. The van der Waals surface area contributed by atoms with Gasteiger partial charge in [0, 0.05) is 28.8 Å². The molecule has 0 aromatic heterocycles. The Bertz CT molecular complexity index is 764. The third kappa shape index (κ3) is 4.37. The van der Waals surface area contributed by atoms with Crippen molar-refractivity contribution in [2.75, 3.05) is 6.54 Å². The molecule has 0 unspecified atom stereocenters. The Labute approximate surface area is 167 Å². The molecule has 9 heteroatoms. The van der Waals surface area contributed by atoms with Crippen LogP contribution in [-0.2, 0) is 9.53 Å². The van der Waals surface area contributed by atoms with Crippen molar-refractivity contribution in [2.24, 2.45) is 11.1 Å². The van der Waals surface area contributed by atoms with E-state index in [1.807, 2.05) is 0 Å². The van der Waals surface area contributed by atoms with Crippen molar-refractivity contribution in [1.29, 1.82) is 0 Å². The van der Waals surface area contributed by atoms with Crippen LogP contribution in [0.15, 0.2) is 24.3 Å². The second-order valence-electron chi connectivity index (χ2n) is 8.15. The lowest BCUT2D eigenvalue weighted by Crippen LogP contribution is -2.67. The van der Waals surface area contributed by atoms with Gasteiger partial charge in [-0.15, -0.1) is 0 Å².